The number of aromatic nitrogens is 2. The van der Waals surface area contributed by atoms with Gasteiger partial charge in [0, 0.05) is 18.3 Å². The molecule has 0 spiro atoms. The van der Waals surface area contributed by atoms with Gasteiger partial charge in [0.15, 0.2) is 0 Å². The van der Waals surface area contributed by atoms with Crippen molar-refractivity contribution in [2.24, 2.45) is 0 Å². The van der Waals surface area contributed by atoms with Crippen molar-refractivity contribution in [2.75, 3.05) is 26.7 Å². The second-order valence-corrected chi connectivity index (χ2v) is 4.87. The van der Waals surface area contributed by atoms with E-state index >= 15 is 0 Å². The molecule has 0 aliphatic rings. The van der Waals surface area contributed by atoms with E-state index in [9.17, 15) is 0 Å². The molecule has 4 nitrogen and oxygen atoms in total. The molecule has 0 aliphatic heterocycles. The van der Waals surface area contributed by atoms with Gasteiger partial charge in [-0.05, 0) is 52.9 Å². The van der Waals surface area contributed by atoms with Crippen molar-refractivity contribution < 1.29 is 0 Å². The SMILES string of the molecule is CCN(C)CC(C)NCCc1c(C)n[nH]c1C. The lowest BCUT2D eigenvalue weighted by molar-refractivity contribution is 0.311. The second kappa shape index (κ2) is 6.77. The molecule has 1 aromatic rings. The molecule has 1 atom stereocenters. The molecule has 0 fully saturated rings. The van der Waals surface area contributed by atoms with Crippen molar-refractivity contribution in [3.05, 3.63) is 17.0 Å². The van der Waals surface area contributed by atoms with E-state index in [0.717, 1.165) is 31.7 Å². The van der Waals surface area contributed by atoms with Crippen molar-refractivity contribution in [1.82, 2.24) is 20.4 Å². The Morgan fingerprint density at radius 2 is 2.12 bits per heavy atom. The van der Waals surface area contributed by atoms with Gasteiger partial charge < -0.3 is 10.2 Å². The first-order chi connectivity index (χ1) is 8.04. The molecule has 0 saturated carbocycles. The van der Waals surface area contributed by atoms with Crippen LogP contribution in [0.15, 0.2) is 0 Å². The predicted octanol–water partition coefficient (Wildman–Crippen LogP) is 1.50. The number of aryl methyl sites for hydroxylation is 2. The van der Waals surface area contributed by atoms with Crippen LogP contribution in [0.4, 0.5) is 0 Å². The number of nitrogens with one attached hydrogen (secondary N) is 2. The first-order valence-electron chi connectivity index (χ1n) is 6.47. The molecule has 0 aliphatic carbocycles. The molecule has 4 heteroatoms. The minimum atomic E-state index is 0.535. The quantitative estimate of drug-likeness (QED) is 0.756. The third-order valence-electron chi connectivity index (χ3n) is 3.27. The molecular weight excluding hydrogens is 212 g/mol. The van der Waals surface area contributed by atoms with Crippen molar-refractivity contribution in [3.63, 3.8) is 0 Å². The standard InChI is InChI=1S/C13H26N4/c1-6-17(5)9-10(2)14-8-7-13-11(3)15-16-12(13)4/h10,14H,6-9H2,1-5H3,(H,15,16). The maximum atomic E-state index is 4.21. The van der Waals surface area contributed by atoms with Gasteiger partial charge in [-0.1, -0.05) is 6.92 Å². The lowest BCUT2D eigenvalue weighted by Gasteiger charge is -2.20. The third kappa shape index (κ3) is 4.48. The van der Waals surface area contributed by atoms with Crippen LogP contribution in [0.2, 0.25) is 0 Å². The third-order valence-corrected chi connectivity index (χ3v) is 3.27. The van der Waals surface area contributed by atoms with E-state index in [1.807, 2.05) is 0 Å². The van der Waals surface area contributed by atoms with E-state index in [1.165, 1.54) is 11.3 Å². The highest BCUT2D eigenvalue weighted by atomic mass is 15.1. The van der Waals surface area contributed by atoms with Crippen LogP contribution in [0.25, 0.3) is 0 Å². The Labute approximate surface area is 105 Å². The van der Waals surface area contributed by atoms with E-state index in [2.05, 4.69) is 55.2 Å². The van der Waals surface area contributed by atoms with Crippen LogP contribution in [0.1, 0.15) is 30.8 Å². The van der Waals surface area contributed by atoms with Gasteiger partial charge >= 0.3 is 0 Å². The van der Waals surface area contributed by atoms with E-state index in [-0.39, 0.29) is 0 Å². The fourth-order valence-corrected chi connectivity index (χ4v) is 2.05. The average molecular weight is 238 g/mol. The van der Waals surface area contributed by atoms with Crippen LogP contribution in [-0.4, -0.2) is 47.8 Å². The molecule has 2 N–H and O–H groups in total. The van der Waals surface area contributed by atoms with E-state index in [1.54, 1.807) is 0 Å². The zero-order valence-electron chi connectivity index (χ0n) is 11.8. The largest absolute Gasteiger partial charge is 0.313 e. The summed E-state index contributed by atoms with van der Waals surface area (Å²) in [6.45, 7) is 11.8. The minimum absolute atomic E-state index is 0.535. The first-order valence-corrected chi connectivity index (χ1v) is 6.47. The van der Waals surface area contributed by atoms with Crippen molar-refractivity contribution >= 4 is 0 Å². The van der Waals surface area contributed by atoms with E-state index in [4.69, 9.17) is 0 Å². The van der Waals surface area contributed by atoms with Crippen LogP contribution in [-0.2, 0) is 6.42 Å². The highest BCUT2D eigenvalue weighted by Gasteiger charge is 2.07. The lowest BCUT2D eigenvalue weighted by atomic mass is 10.1. The number of aromatic amines is 1. The number of nitrogens with zero attached hydrogens (tertiary/aromatic N) is 2. The van der Waals surface area contributed by atoms with Crippen LogP contribution >= 0.6 is 0 Å². The zero-order chi connectivity index (χ0) is 12.8. The normalized spacial score (nSPS) is 13.3. The summed E-state index contributed by atoms with van der Waals surface area (Å²) in [6, 6.07) is 0.535. The maximum absolute atomic E-state index is 4.21. The summed E-state index contributed by atoms with van der Waals surface area (Å²) in [4.78, 5) is 2.33. The number of hydrogen-bond donors (Lipinski definition) is 2. The molecule has 17 heavy (non-hydrogen) atoms. The van der Waals surface area contributed by atoms with Gasteiger partial charge in [0.25, 0.3) is 0 Å². The fourth-order valence-electron chi connectivity index (χ4n) is 2.05. The molecule has 0 radical (unpaired) electrons. The van der Waals surface area contributed by atoms with Gasteiger partial charge in [0.2, 0.25) is 0 Å². The Hall–Kier alpha value is -0.870. The molecule has 1 aromatic heterocycles. The minimum Gasteiger partial charge on any atom is -0.313 e. The van der Waals surface area contributed by atoms with E-state index < -0.39 is 0 Å². The topological polar surface area (TPSA) is 44.0 Å². The molecular formula is C13H26N4. The first kappa shape index (κ1) is 14.2. The summed E-state index contributed by atoms with van der Waals surface area (Å²) in [7, 11) is 2.16. The lowest BCUT2D eigenvalue weighted by Crippen LogP contribution is -2.38. The van der Waals surface area contributed by atoms with Gasteiger partial charge in [0.1, 0.15) is 0 Å². The van der Waals surface area contributed by atoms with Crippen molar-refractivity contribution in [3.8, 4) is 0 Å². The molecule has 1 rings (SSSR count). The number of H-pyrrole nitrogens is 1. The highest BCUT2D eigenvalue weighted by molar-refractivity contribution is 5.23. The molecule has 0 amide bonds. The molecule has 1 heterocycles. The summed E-state index contributed by atoms with van der Waals surface area (Å²) < 4.78 is 0. The van der Waals surface area contributed by atoms with Gasteiger partial charge in [0.05, 0.1) is 5.69 Å². The molecule has 0 saturated heterocycles. The second-order valence-electron chi connectivity index (χ2n) is 4.87. The van der Waals surface area contributed by atoms with Crippen molar-refractivity contribution in [1.29, 1.82) is 0 Å². The molecule has 0 aromatic carbocycles. The Bertz CT molecular complexity index is 313. The summed E-state index contributed by atoms with van der Waals surface area (Å²) >= 11 is 0. The Morgan fingerprint density at radius 1 is 1.41 bits per heavy atom. The molecule has 0 bridgehead atoms. The fraction of sp³-hybridized carbons (Fsp3) is 0.769. The Balaban J connectivity index is 2.28. The van der Waals surface area contributed by atoms with Crippen LogP contribution in [0.5, 0.6) is 0 Å². The number of rotatable bonds is 7. The smallest absolute Gasteiger partial charge is 0.0626 e. The highest BCUT2D eigenvalue weighted by Crippen LogP contribution is 2.09. The van der Waals surface area contributed by atoms with Crippen LogP contribution in [0, 0.1) is 13.8 Å². The van der Waals surface area contributed by atoms with Crippen LogP contribution in [0.3, 0.4) is 0 Å². The summed E-state index contributed by atoms with van der Waals surface area (Å²) in [6.07, 6.45) is 1.05. The Morgan fingerprint density at radius 3 is 2.65 bits per heavy atom. The molecule has 1 unspecified atom stereocenters. The monoisotopic (exact) mass is 238 g/mol. The van der Waals surface area contributed by atoms with E-state index in [0.29, 0.717) is 6.04 Å². The van der Waals surface area contributed by atoms with Gasteiger partial charge in [-0.15, -0.1) is 0 Å². The van der Waals surface area contributed by atoms with Crippen LogP contribution < -0.4 is 5.32 Å². The Kier molecular flexibility index (Phi) is 5.65. The number of hydrogen-bond acceptors (Lipinski definition) is 3. The summed E-state index contributed by atoms with van der Waals surface area (Å²) in [5.41, 5.74) is 3.68. The van der Waals surface area contributed by atoms with Crippen molar-refractivity contribution in [2.45, 2.75) is 40.2 Å². The summed E-state index contributed by atoms with van der Waals surface area (Å²) in [5.74, 6) is 0. The van der Waals surface area contributed by atoms with Gasteiger partial charge in [-0.3, -0.25) is 5.10 Å². The molecule has 98 valence electrons. The average Bonchev–Trinajstić information content (AvgIpc) is 2.60. The predicted molar refractivity (Wildman–Crippen MR) is 72.4 cm³/mol. The maximum Gasteiger partial charge on any atom is 0.0626 e. The number of likely N-dealkylation sites (N-methyl/N-ethyl adjacent to an activating group) is 1. The summed E-state index contributed by atoms with van der Waals surface area (Å²) in [5, 5.41) is 10.8. The van der Waals surface area contributed by atoms with Gasteiger partial charge in [-0.25, -0.2) is 0 Å². The van der Waals surface area contributed by atoms with Gasteiger partial charge in [-0.2, -0.15) is 5.10 Å². The zero-order valence-corrected chi connectivity index (χ0v) is 11.8.